The molecule has 2 rings (SSSR count). The van der Waals surface area contributed by atoms with E-state index in [4.69, 9.17) is 0 Å². The highest BCUT2D eigenvalue weighted by Gasteiger charge is 2.07. The highest BCUT2D eigenvalue weighted by atomic mass is 19.1. The second kappa shape index (κ2) is 6.09. The zero-order valence-corrected chi connectivity index (χ0v) is 10.2. The Morgan fingerprint density at radius 3 is 2.53 bits per heavy atom. The number of hydrogen-bond acceptors (Lipinski definition) is 1. The molecule has 98 valence electrons. The minimum absolute atomic E-state index is 0.0186. The van der Waals surface area contributed by atoms with Crippen molar-refractivity contribution in [3.05, 3.63) is 71.3 Å². The van der Waals surface area contributed by atoms with Crippen LogP contribution in [0, 0.1) is 11.6 Å². The summed E-state index contributed by atoms with van der Waals surface area (Å²) >= 11 is 0. The minimum atomic E-state index is -0.526. The van der Waals surface area contributed by atoms with Crippen LogP contribution in [-0.4, -0.2) is 5.91 Å². The van der Waals surface area contributed by atoms with Gasteiger partial charge in [0.05, 0.1) is 6.42 Å². The van der Waals surface area contributed by atoms with Crippen molar-refractivity contribution in [1.29, 1.82) is 0 Å². The molecule has 0 spiro atoms. The monoisotopic (exact) mass is 261 g/mol. The van der Waals surface area contributed by atoms with Crippen LogP contribution in [0.5, 0.6) is 0 Å². The number of benzene rings is 2. The molecule has 19 heavy (non-hydrogen) atoms. The quantitative estimate of drug-likeness (QED) is 0.901. The van der Waals surface area contributed by atoms with E-state index in [0.717, 1.165) is 23.8 Å². The van der Waals surface area contributed by atoms with Gasteiger partial charge in [0.1, 0.15) is 11.6 Å². The number of nitrogens with one attached hydrogen (secondary N) is 1. The normalized spacial score (nSPS) is 10.2. The molecular weight excluding hydrogens is 248 g/mol. The fraction of sp³-hybridized carbons (Fsp3) is 0.133. The Labute approximate surface area is 110 Å². The van der Waals surface area contributed by atoms with Gasteiger partial charge in [-0.25, -0.2) is 8.78 Å². The third-order valence-corrected chi connectivity index (χ3v) is 2.69. The SMILES string of the molecule is O=C(Cc1ccccc1)NCc1cc(F)ccc1F. The van der Waals surface area contributed by atoms with Crippen molar-refractivity contribution in [2.24, 2.45) is 0 Å². The van der Waals surface area contributed by atoms with Crippen LogP contribution < -0.4 is 5.32 Å². The molecule has 0 aromatic heterocycles. The molecule has 0 fully saturated rings. The standard InChI is InChI=1S/C15H13F2NO/c16-13-6-7-14(17)12(9-13)10-18-15(19)8-11-4-2-1-3-5-11/h1-7,9H,8,10H2,(H,18,19). The van der Waals surface area contributed by atoms with Crippen molar-refractivity contribution in [3.8, 4) is 0 Å². The van der Waals surface area contributed by atoms with Crippen molar-refractivity contribution in [3.63, 3.8) is 0 Å². The van der Waals surface area contributed by atoms with Gasteiger partial charge in [0.25, 0.3) is 0 Å². The second-order valence-electron chi connectivity index (χ2n) is 4.17. The third kappa shape index (κ3) is 3.88. The minimum Gasteiger partial charge on any atom is -0.352 e. The molecule has 4 heteroatoms. The van der Waals surface area contributed by atoms with Gasteiger partial charge in [-0.15, -0.1) is 0 Å². The van der Waals surface area contributed by atoms with Gasteiger partial charge >= 0.3 is 0 Å². The average Bonchev–Trinajstić information content (AvgIpc) is 2.41. The summed E-state index contributed by atoms with van der Waals surface area (Å²) in [6, 6.07) is 12.4. The molecule has 0 heterocycles. The molecule has 2 nitrogen and oxygen atoms in total. The van der Waals surface area contributed by atoms with Crippen LogP contribution in [0.25, 0.3) is 0 Å². The van der Waals surface area contributed by atoms with Gasteiger partial charge in [-0.1, -0.05) is 30.3 Å². The van der Waals surface area contributed by atoms with Gasteiger partial charge in [-0.3, -0.25) is 4.79 Å². The predicted molar refractivity (Wildman–Crippen MR) is 68.4 cm³/mol. The third-order valence-electron chi connectivity index (χ3n) is 2.69. The van der Waals surface area contributed by atoms with Crippen LogP contribution in [-0.2, 0) is 17.8 Å². The Morgan fingerprint density at radius 1 is 1.05 bits per heavy atom. The van der Waals surface area contributed by atoms with Crippen molar-refractivity contribution >= 4 is 5.91 Å². The Hall–Kier alpha value is -2.23. The van der Waals surface area contributed by atoms with E-state index >= 15 is 0 Å². The van der Waals surface area contributed by atoms with E-state index in [2.05, 4.69) is 5.32 Å². The van der Waals surface area contributed by atoms with Crippen molar-refractivity contribution in [1.82, 2.24) is 5.32 Å². The van der Waals surface area contributed by atoms with E-state index in [-0.39, 0.29) is 24.4 Å². The zero-order valence-electron chi connectivity index (χ0n) is 10.2. The molecule has 0 bridgehead atoms. The molecule has 1 N–H and O–H groups in total. The number of rotatable bonds is 4. The highest BCUT2D eigenvalue weighted by molar-refractivity contribution is 5.78. The average molecular weight is 261 g/mol. The summed E-state index contributed by atoms with van der Waals surface area (Å²) < 4.78 is 26.3. The van der Waals surface area contributed by atoms with E-state index in [1.54, 1.807) is 0 Å². The van der Waals surface area contributed by atoms with Crippen molar-refractivity contribution in [2.45, 2.75) is 13.0 Å². The summed E-state index contributed by atoms with van der Waals surface area (Å²) in [6.07, 6.45) is 0.220. The summed E-state index contributed by atoms with van der Waals surface area (Å²) in [5.41, 5.74) is 1.01. The molecule has 0 atom stereocenters. The van der Waals surface area contributed by atoms with Crippen LogP contribution in [0.4, 0.5) is 8.78 Å². The number of halogens is 2. The molecule has 1 amide bonds. The van der Waals surface area contributed by atoms with E-state index < -0.39 is 11.6 Å². The highest BCUT2D eigenvalue weighted by Crippen LogP contribution is 2.09. The van der Waals surface area contributed by atoms with E-state index in [9.17, 15) is 13.6 Å². The van der Waals surface area contributed by atoms with Gasteiger partial charge in [-0.2, -0.15) is 0 Å². The summed E-state index contributed by atoms with van der Waals surface area (Å²) in [4.78, 5) is 11.7. The Morgan fingerprint density at radius 2 is 1.79 bits per heavy atom. The van der Waals surface area contributed by atoms with Gasteiger partial charge in [-0.05, 0) is 23.8 Å². The second-order valence-corrected chi connectivity index (χ2v) is 4.17. The maximum atomic E-state index is 13.3. The lowest BCUT2D eigenvalue weighted by molar-refractivity contribution is -0.120. The summed E-state index contributed by atoms with van der Waals surface area (Å²) in [5.74, 6) is -1.27. The Kier molecular flexibility index (Phi) is 4.23. The first-order chi connectivity index (χ1) is 9.15. The summed E-state index contributed by atoms with van der Waals surface area (Å²) in [5, 5.41) is 2.57. The van der Waals surface area contributed by atoms with E-state index in [0.29, 0.717) is 0 Å². The van der Waals surface area contributed by atoms with E-state index in [1.165, 1.54) is 0 Å². The molecule has 2 aromatic carbocycles. The Balaban J connectivity index is 1.92. The van der Waals surface area contributed by atoms with Crippen LogP contribution in [0.2, 0.25) is 0 Å². The molecule has 0 unspecified atom stereocenters. The van der Waals surface area contributed by atoms with Crippen LogP contribution >= 0.6 is 0 Å². The molecule has 0 radical (unpaired) electrons. The molecule has 2 aromatic rings. The smallest absolute Gasteiger partial charge is 0.224 e. The van der Waals surface area contributed by atoms with Crippen LogP contribution in [0.15, 0.2) is 48.5 Å². The fourth-order valence-electron chi connectivity index (χ4n) is 1.72. The zero-order chi connectivity index (χ0) is 13.7. The topological polar surface area (TPSA) is 29.1 Å². The molecule has 0 aliphatic heterocycles. The molecular formula is C15H13F2NO. The number of carbonyl (C=O) groups excluding carboxylic acids is 1. The van der Waals surface area contributed by atoms with Crippen LogP contribution in [0.3, 0.4) is 0 Å². The van der Waals surface area contributed by atoms with E-state index in [1.807, 2.05) is 30.3 Å². The first kappa shape index (κ1) is 13.2. The van der Waals surface area contributed by atoms with Crippen molar-refractivity contribution < 1.29 is 13.6 Å². The number of carbonyl (C=O) groups is 1. The van der Waals surface area contributed by atoms with Crippen molar-refractivity contribution in [2.75, 3.05) is 0 Å². The molecule has 0 aliphatic carbocycles. The molecule has 0 aliphatic rings. The number of amides is 1. The summed E-state index contributed by atoms with van der Waals surface area (Å²) in [6.45, 7) is -0.0186. The first-order valence-corrected chi connectivity index (χ1v) is 5.90. The summed E-state index contributed by atoms with van der Waals surface area (Å²) in [7, 11) is 0. The van der Waals surface area contributed by atoms with Gasteiger partial charge in [0.2, 0.25) is 5.91 Å². The van der Waals surface area contributed by atoms with Gasteiger partial charge in [0.15, 0.2) is 0 Å². The molecule has 0 saturated carbocycles. The van der Waals surface area contributed by atoms with Gasteiger partial charge < -0.3 is 5.32 Å². The predicted octanol–water partition coefficient (Wildman–Crippen LogP) is 2.82. The lowest BCUT2D eigenvalue weighted by Crippen LogP contribution is -2.25. The molecule has 0 saturated heterocycles. The van der Waals surface area contributed by atoms with Gasteiger partial charge in [0, 0.05) is 12.1 Å². The fourth-order valence-corrected chi connectivity index (χ4v) is 1.72. The van der Waals surface area contributed by atoms with Crippen LogP contribution in [0.1, 0.15) is 11.1 Å². The lowest BCUT2D eigenvalue weighted by atomic mass is 10.1. The number of hydrogen-bond donors (Lipinski definition) is 1. The largest absolute Gasteiger partial charge is 0.352 e. The lowest BCUT2D eigenvalue weighted by Gasteiger charge is -2.06. The maximum Gasteiger partial charge on any atom is 0.224 e. The Bertz CT molecular complexity index is 570. The maximum absolute atomic E-state index is 13.3. The first-order valence-electron chi connectivity index (χ1n) is 5.90.